The number of anilines is 1. The number of hydrogen-bond acceptors (Lipinski definition) is 2. The van der Waals surface area contributed by atoms with Crippen molar-refractivity contribution in [3.63, 3.8) is 0 Å². The van der Waals surface area contributed by atoms with Gasteiger partial charge in [-0.3, -0.25) is 0 Å². The molecule has 0 saturated heterocycles. The summed E-state index contributed by atoms with van der Waals surface area (Å²) < 4.78 is 5.98. The standard InChI is InChI=1S/C16H23NO/c1-16(2)7-5-12(10-16)11-18-14-3-4-15-13(9-14)6-8-17-15/h3-4,9,12,17H,5-8,10-11H2,1-2H3. The Balaban J connectivity index is 1.57. The van der Waals surface area contributed by atoms with Crippen molar-refractivity contribution in [2.45, 2.75) is 39.5 Å². The molecule has 1 aromatic carbocycles. The molecule has 1 fully saturated rings. The summed E-state index contributed by atoms with van der Waals surface area (Å²) in [7, 11) is 0. The molecule has 0 radical (unpaired) electrons. The Morgan fingerprint density at radius 1 is 1.39 bits per heavy atom. The number of rotatable bonds is 3. The van der Waals surface area contributed by atoms with Gasteiger partial charge in [0, 0.05) is 12.2 Å². The molecule has 2 heteroatoms. The fourth-order valence-corrected chi connectivity index (χ4v) is 3.31. The second-order valence-electron chi connectivity index (χ2n) is 6.58. The van der Waals surface area contributed by atoms with E-state index in [1.54, 1.807) is 0 Å². The van der Waals surface area contributed by atoms with Gasteiger partial charge in [-0.05, 0) is 60.8 Å². The molecule has 1 unspecified atom stereocenters. The zero-order valence-electron chi connectivity index (χ0n) is 11.5. The summed E-state index contributed by atoms with van der Waals surface area (Å²) in [5.41, 5.74) is 3.21. The second-order valence-corrected chi connectivity index (χ2v) is 6.58. The molecule has 18 heavy (non-hydrogen) atoms. The Kier molecular flexibility index (Phi) is 2.96. The number of nitrogens with one attached hydrogen (secondary N) is 1. The van der Waals surface area contributed by atoms with Crippen molar-refractivity contribution < 1.29 is 4.74 Å². The van der Waals surface area contributed by atoms with Crippen LogP contribution in [0.3, 0.4) is 0 Å². The molecule has 1 atom stereocenters. The van der Waals surface area contributed by atoms with Crippen molar-refractivity contribution in [3.05, 3.63) is 23.8 Å². The average molecular weight is 245 g/mol. The molecule has 1 heterocycles. The summed E-state index contributed by atoms with van der Waals surface area (Å²) in [4.78, 5) is 0. The van der Waals surface area contributed by atoms with E-state index in [1.807, 2.05) is 0 Å². The highest BCUT2D eigenvalue weighted by Gasteiger charge is 2.31. The molecular formula is C16H23NO. The van der Waals surface area contributed by atoms with Gasteiger partial charge < -0.3 is 10.1 Å². The smallest absolute Gasteiger partial charge is 0.119 e. The third-order valence-electron chi connectivity index (χ3n) is 4.34. The summed E-state index contributed by atoms with van der Waals surface area (Å²) in [5.74, 6) is 1.79. The van der Waals surface area contributed by atoms with E-state index >= 15 is 0 Å². The quantitative estimate of drug-likeness (QED) is 0.873. The fraction of sp³-hybridized carbons (Fsp3) is 0.625. The Labute approximate surface area is 110 Å². The fourth-order valence-electron chi connectivity index (χ4n) is 3.31. The summed E-state index contributed by atoms with van der Waals surface area (Å²) in [5, 5.41) is 3.38. The van der Waals surface area contributed by atoms with Crippen LogP contribution in [0.25, 0.3) is 0 Å². The Hall–Kier alpha value is -1.18. The van der Waals surface area contributed by atoms with Crippen LogP contribution < -0.4 is 10.1 Å². The van der Waals surface area contributed by atoms with E-state index in [9.17, 15) is 0 Å². The molecule has 0 spiro atoms. The number of hydrogen-bond donors (Lipinski definition) is 1. The zero-order valence-corrected chi connectivity index (χ0v) is 11.5. The van der Waals surface area contributed by atoms with Crippen molar-refractivity contribution in [2.75, 3.05) is 18.5 Å². The maximum atomic E-state index is 5.98. The molecule has 0 bridgehead atoms. The Morgan fingerprint density at radius 3 is 3.06 bits per heavy atom. The van der Waals surface area contributed by atoms with Gasteiger partial charge in [-0.25, -0.2) is 0 Å². The van der Waals surface area contributed by atoms with Crippen LogP contribution in [0.1, 0.15) is 38.7 Å². The molecule has 2 aliphatic rings. The summed E-state index contributed by atoms with van der Waals surface area (Å²) >= 11 is 0. The topological polar surface area (TPSA) is 21.3 Å². The van der Waals surface area contributed by atoms with E-state index in [0.29, 0.717) is 5.41 Å². The molecule has 2 nitrogen and oxygen atoms in total. The van der Waals surface area contributed by atoms with Gasteiger partial charge in [0.25, 0.3) is 0 Å². The lowest BCUT2D eigenvalue weighted by Crippen LogP contribution is -2.11. The Morgan fingerprint density at radius 2 is 2.28 bits per heavy atom. The summed E-state index contributed by atoms with van der Waals surface area (Å²) in [6.45, 7) is 6.69. The summed E-state index contributed by atoms with van der Waals surface area (Å²) in [6, 6.07) is 6.45. The normalized spacial score (nSPS) is 24.7. The lowest BCUT2D eigenvalue weighted by Gasteiger charge is -2.17. The number of benzene rings is 1. The van der Waals surface area contributed by atoms with Gasteiger partial charge in [0.05, 0.1) is 6.61 Å². The Bertz CT molecular complexity index is 439. The first-order valence-corrected chi connectivity index (χ1v) is 7.12. The van der Waals surface area contributed by atoms with Crippen LogP contribution in [0.4, 0.5) is 5.69 Å². The maximum absolute atomic E-state index is 5.98. The van der Waals surface area contributed by atoms with Crippen LogP contribution >= 0.6 is 0 Å². The molecule has 0 aromatic heterocycles. The molecule has 98 valence electrons. The maximum Gasteiger partial charge on any atom is 0.119 e. The molecule has 1 saturated carbocycles. The van der Waals surface area contributed by atoms with Crippen molar-refractivity contribution >= 4 is 5.69 Å². The van der Waals surface area contributed by atoms with Gasteiger partial charge in [0.15, 0.2) is 0 Å². The van der Waals surface area contributed by atoms with Crippen molar-refractivity contribution in [3.8, 4) is 5.75 Å². The first-order valence-electron chi connectivity index (χ1n) is 7.12. The molecule has 0 amide bonds. The van der Waals surface area contributed by atoms with Gasteiger partial charge in [-0.2, -0.15) is 0 Å². The first-order chi connectivity index (χ1) is 8.62. The van der Waals surface area contributed by atoms with Crippen LogP contribution in [0.2, 0.25) is 0 Å². The molecule has 1 aromatic rings. The minimum absolute atomic E-state index is 0.524. The molecule has 1 aliphatic carbocycles. The predicted molar refractivity (Wildman–Crippen MR) is 75.3 cm³/mol. The number of fused-ring (bicyclic) bond motifs is 1. The summed E-state index contributed by atoms with van der Waals surface area (Å²) in [6.07, 6.45) is 5.09. The van der Waals surface area contributed by atoms with Gasteiger partial charge in [-0.15, -0.1) is 0 Å². The van der Waals surface area contributed by atoms with E-state index in [-0.39, 0.29) is 0 Å². The van der Waals surface area contributed by atoms with Crippen molar-refractivity contribution in [1.29, 1.82) is 0 Å². The van der Waals surface area contributed by atoms with Gasteiger partial charge in [0.2, 0.25) is 0 Å². The minimum atomic E-state index is 0.524. The van der Waals surface area contributed by atoms with Crippen LogP contribution in [0.5, 0.6) is 5.75 Å². The van der Waals surface area contributed by atoms with Gasteiger partial charge >= 0.3 is 0 Å². The third kappa shape index (κ3) is 2.47. The SMILES string of the molecule is CC1(C)CCC(COc2ccc3c(c2)CCN3)C1. The average Bonchev–Trinajstić information content (AvgIpc) is 2.92. The van der Waals surface area contributed by atoms with E-state index in [0.717, 1.165) is 31.2 Å². The molecule has 1 aliphatic heterocycles. The monoisotopic (exact) mass is 245 g/mol. The molecular weight excluding hydrogens is 222 g/mol. The molecule has 1 N–H and O–H groups in total. The lowest BCUT2D eigenvalue weighted by molar-refractivity contribution is 0.238. The van der Waals surface area contributed by atoms with Crippen LogP contribution in [-0.4, -0.2) is 13.2 Å². The first kappa shape index (κ1) is 11.9. The highest BCUT2D eigenvalue weighted by Crippen LogP contribution is 2.41. The van der Waals surface area contributed by atoms with E-state index in [2.05, 4.69) is 37.4 Å². The third-order valence-corrected chi connectivity index (χ3v) is 4.34. The highest BCUT2D eigenvalue weighted by molar-refractivity contribution is 5.57. The number of ether oxygens (including phenoxy) is 1. The van der Waals surface area contributed by atoms with Gasteiger partial charge in [0.1, 0.15) is 5.75 Å². The van der Waals surface area contributed by atoms with E-state index < -0.39 is 0 Å². The largest absolute Gasteiger partial charge is 0.493 e. The van der Waals surface area contributed by atoms with E-state index in [1.165, 1.54) is 30.5 Å². The predicted octanol–water partition coefficient (Wildman–Crippen LogP) is 3.86. The minimum Gasteiger partial charge on any atom is -0.493 e. The second kappa shape index (κ2) is 4.49. The van der Waals surface area contributed by atoms with Crippen molar-refractivity contribution in [1.82, 2.24) is 0 Å². The van der Waals surface area contributed by atoms with Crippen molar-refractivity contribution in [2.24, 2.45) is 11.3 Å². The van der Waals surface area contributed by atoms with Crippen LogP contribution in [0.15, 0.2) is 18.2 Å². The highest BCUT2D eigenvalue weighted by atomic mass is 16.5. The van der Waals surface area contributed by atoms with E-state index in [4.69, 9.17) is 4.74 Å². The molecule has 3 rings (SSSR count). The van der Waals surface area contributed by atoms with Crippen LogP contribution in [-0.2, 0) is 6.42 Å². The van der Waals surface area contributed by atoms with Gasteiger partial charge in [-0.1, -0.05) is 13.8 Å². The lowest BCUT2D eigenvalue weighted by atomic mass is 9.91. The zero-order chi connectivity index (χ0) is 12.6. The van der Waals surface area contributed by atoms with Crippen LogP contribution in [0, 0.1) is 11.3 Å².